The Hall–Kier alpha value is -1.02. The Morgan fingerprint density at radius 3 is 1.97 bits per heavy atom. The number of Topliss-reactive ketones (excluding diaryl/α,β-unsaturated/α-hetero) is 1. The molecule has 1 rings (SSSR count). The Bertz CT molecular complexity index is 454. The smallest absolute Gasteiger partial charge is 0.183 e. The van der Waals surface area contributed by atoms with E-state index < -0.39 is 30.9 Å². The number of carbonyl (C=O) groups is 2. The molecule has 0 aromatic rings. The van der Waals surface area contributed by atoms with Gasteiger partial charge in [-0.05, 0) is 19.8 Å². The summed E-state index contributed by atoms with van der Waals surface area (Å²) in [5.41, 5.74) is 0. The van der Waals surface area contributed by atoms with E-state index in [0.717, 1.165) is 32.1 Å². The molecular formula is C22H39O7-. The number of aliphatic hydroxyl groups excluding tert-OH is 2. The second kappa shape index (κ2) is 15.8. The highest BCUT2D eigenvalue weighted by Crippen LogP contribution is 2.21. The van der Waals surface area contributed by atoms with Crippen molar-refractivity contribution in [1.82, 2.24) is 0 Å². The average molecular weight is 416 g/mol. The van der Waals surface area contributed by atoms with E-state index in [4.69, 9.17) is 9.47 Å². The number of rotatable bonds is 17. The lowest BCUT2D eigenvalue weighted by Crippen LogP contribution is -2.47. The normalized spacial score (nSPS) is 24.5. The number of carboxylic acids is 1. The molecule has 170 valence electrons. The lowest BCUT2D eigenvalue weighted by Gasteiger charge is -2.35. The maximum absolute atomic E-state index is 11.2. The third kappa shape index (κ3) is 13.0. The molecule has 4 atom stereocenters. The van der Waals surface area contributed by atoms with Crippen LogP contribution in [0.2, 0.25) is 0 Å². The van der Waals surface area contributed by atoms with Crippen LogP contribution in [0.15, 0.2) is 0 Å². The molecule has 1 aliphatic rings. The summed E-state index contributed by atoms with van der Waals surface area (Å²) in [4.78, 5) is 21.5. The first-order valence-electron chi connectivity index (χ1n) is 11.2. The Morgan fingerprint density at radius 2 is 1.41 bits per heavy atom. The van der Waals surface area contributed by atoms with E-state index in [0.29, 0.717) is 19.4 Å². The molecule has 2 N–H and O–H groups in total. The fraction of sp³-hybridized carbons (Fsp3) is 0.909. The fourth-order valence-electron chi connectivity index (χ4n) is 3.56. The van der Waals surface area contributed by atoms with Gasteiger partial charge in [-0.25, -0.2) is 0 Å². The molecule has 0 amide bonds. The van der Waals surface area contributed by atoms with Gasteiger partial charge in [-0.3, -0.25) is 4.79 Å². The van der Waals surface area contributed by atoms with Gasteiger partial charge in [-0.2, -0.15) is 0 Å². The van der Waals surface area contributed by atoms with Gasteiger partial charge in [0.2, 0.25) is 0 Å². The van der Waals surface area contributed by atoms with E-state index in [9.17, 15) is 24.9 Å². The van der Waals surface area contributed by atoms with Crippen molar-refractivity contribution in [3.8, 4) is 0 Å². The van der Waals surface area contributed by atoms with E-state index in [1.807, 2.05) is 0 Å². The van der Waals surface area contributed by atoms with E-state index >= 15 is 0 Å². The van der Waals surface area contributed by atoms with Crippen LogP contribution >= 0.6 is 0 Å². The van der Waals surface area contributed by atoms with Crippen molar-refractivity contribution in [3.63, 3.8) is 0 Å². The topological polar surface area (TPSA) is 116 Å². The highest BCUT2D eigenvalue weighted by molar-refractivity contribution is 5.93. The number of carboxylic acid groups (broad SMARTS) is 1. The minimum Gasteiger partial charge on any atom is -0.550 e. The first-order valence-corrected chi connectivity index (χ1v) is 11.2. The van der Waals surface area contributed by atoms with Crippen molar-refractivity contribution >= 4 is 11.8 Å². The van der Waals surface area contributed by atoms with E-state index in [2.05, 4.69) is 0 Å². The summed E-state index contributed by atoms with van der Waals surface area (Å²) in [6.45, 7) is 2.35. The molecule has 0 aromatic carbocycles. The molecule has 0 spiro atoms. The zero-order valence-corrected chi connectivity index (χ0v) is 17.9. The third-order valence-corrected chi connectivity index (χ3v) is 5.41. The third-order valence-electron chi connectivity index (χ3n) is 5.41. The zero-order chi connectivity index (χ0) is 21.5. The maximum Gasteiger partial charge on any atom is 0.183 e. The Labute approximate surface area is 174 Å². The quantitative estimate of drug-likeness (QED) is 0.276. The first-order chi connectivity index (χ1) is 13.9. The van der Waals surface area contributed by atoms with Gasteiger partial charge in [0.15, 0.2) is 6.29 Å². The molecule has 1 fully saturated rings. The molecule has 0 radical (unpaired) electrons. The number of unbranched alkanes of at least 4 members (excludes halogenated alkanes) is 10. The molecule has 7 heteroatoms. The number of aliphatic hydroxyl groups is 2. The van der Waals surface area contributed by atoms with Crippen LogP contribution in [0.4, 0.5) is 0 Å². The summed E-state index contributed by atoms with van der Waals surface area (Å²) in [5.74, 6) is -1.51. The van der Waals surface area contributed by atoms with Crippen LogP contribution in [0.3, 0.4) is 0 Å². The van der Waals surface area contributed by atoms with E-state index in [-0.39, 0.29) is 11.9 Å². The first kappa shape index (κ1) is 26.0. The van der Waals surface area contributed by atoms with Crippen molar-refractivity contribution in [1.29, 1.82) is 0 Å². The highest BCUT2D eigenvalue weighted by atomic mass is 16.7. The summed E-state index contributed by atoms with van der Waals surface area (Å²) in [5, 5.41) is 29.8. The predicted molar refractivity (Wildman–Crippen MR) is 107 cm³/mol. The van der Waals surface area contributed by atoms with Gasteiger partial charge in [0.25, 0.3) is 0 Å². The van der Waals surface area contributed by atoms with Crippen LogP contribution in [0, 0.1) is 0 Å². The molecule has 0 unspecified atom stereocenters. The Morgan fingerprint density at radius 1 is 0.897 bits per heavy atom. The Balaban J connectivity index is 1.81. The summed E-state index contributed by atoms with van der Waals surface area (Å²) < 4.78 is 11.1. The maximum atomic E-state index is 11.2. The minimum absolute atomic E-state index is 0.230. The van der Waals surface area contributed by atoms with Crippen molar-refractivity contribution in [3.05, 3.63) is 0 Å². The molecule has 1 aliphatic heterocycles. The number of ketones is 1. The largest absolute Gasteiger partial charge is 0.550 e. The number of carbonyl (C=O) groups excluding carboxylic acids is 2. The van der Waals surface area contributed by atoms with Gasteiger partial charge < -0.3 is 29.6 Å². The van der Waals surface area contributed by atoms with Crippen molar-refractivity contribution in [2.24, 2.45) is 0 Å². The molecule has 29 heavy (non-hydrogen) atoms. The zero-order valence-electron chi connectivity index (χ0n) is 17.9. The van der Waals surface area contributed by atoms with Gasteiger partial charge in [0.1, 0.15) is 11.9 Å². The predicted octanol–water partition coefficient (Wildman–Crippen LogP) is 2.25. The number of ether oxygens (including phenoxy) is 2. The summed E-state index contributed by atoms with van der Waals surface area (Å²) in [7, 11) is 0. The van der Waals surface area contributed by atoms with Crippen LogP contribution in [0.5, 0.6) is 0 Å². The lowest BCUT2D eigenvalue weighted by molar-refractivity contribution is -0.304. The van der Waals surface area contributed by atoms with Crippen LogP contribution in [-0.4, -0.2) is 53.2 Å². The highest BCUT2D eigenvalue weighted by Gasteiger charge is 2.34. The minimum atomic E-state index is -1.28. The second-order valence-corrected chi connectivity index (χ2v) is 8.18. The Kier molecular flexibility index (Phi) is 14.1. The molecule has 0 bridgehead atoms. The van der Waals surface area contributed by atoms with Gasteiger partial charge >= 0.3 is 0 Å². The molecule has 1 heterocycles. The molecule has 1 saturated heterocycles. The van der Waals surface area contributed by atoms with E-state index in [1.165, 1.54) is 38.5 Å². The fourth-order valence-corrected chi connectivity index (χ4v) is 3.56. The summed E-state index contributed by atoms with van der Waals surface area (Å²) >= 11 is 0. The molecule has 0 saturated carbocycles. The number of hydrogen-bond acceptors (Lipinski definition) is 7. The monoisotopic (exact) mass is 415 g/mol. The summed E-state index contributed by atoms with van der Waals surface area (Å²) in [6, 6.07) is 0. The molecular weight excluding hydrogens is 376 g/mol. The number of aliphatic carboxylic acids is 1. The second-order valence-electron chi connectivity index (χ2n) is 8.18. The lowest BCUT2D eigenvalue weighted by atomic mass is 10.0. The van der Waals surface area contributed by atoms with Crippen molar-refractivity contribution in [2.75, 3.05) is 6.61 Å². The van der Waals surface area contributed by atoms with Crippen LogP contribution in [0.25, 0.3) is 0 Å². The number of hydrogen-bond donors (Lipinski definition) is 2. The van der Waals surface area contributed by atoms with Gasteiger partial charge in [-0.1, -0.05) is 57.8 Å². The van der Waals surface area contributed by atoms with Gasteiger partial charge in [0, 0.05) is 31.8 Å². The van der Waals surface area contributed by atoms with Crippen molar-refractivity contribution < 1.29 is 34.4 Å². The van der Waals surface area contributed by atoms with Crippen LogP contribution in [-0.2, 0) is 19.1 Å². The molecule has 0 aliphatic carbocycles. The van der Waals surface area contributed by atoms with Gasteiger partial charge in [-0.15, -0.1) is 0 Å². The summed E-state index contributed by atoms with van der Waals surface area (Å²) in [6.07, 6.45) is 9.98. The SMILES string of the molecule is C[C@@H]1O[C@@H](OCCCCCCCCCCCCCC(=O)CC(=O)[O-])[C@H](O)C[C@H]1O. The molecule has 7 nitrogen and oxygen atoms in total. The van der Waals surface area contributed by atoms with Crippen LogP contribution < -0.4 is 5.11 Å². The van der Waals surface area contributed by atoms with Gasteiger partial charge in [0.05, 0.1) is 12.2 Å². The molecule has 0 aromatic heterocycles. The van der Waals surface area contributed by atoms with Crippen molar-refractivity contribution in [2.45, 2.75) is 121 Å². The average Bonchev–Trinajstić information content (AvgIpc) is 2.65. The standard InChI is InChI=1S/C22H40O7/c1-17-19(24)16-20(25)22(29-17)28-14-12-10-8-6-4-2-3-5-7-9-11-13-18(23)15-21(26)27/h17,19-20,22,24-25H,2-16H2,1H3,(H,26,27)/p-1/t17-,19+,20+,22+/m0/s1. The van der Waals surface area contributed by atoms with E-state index in [1.54, 1.807) is 6.92 Å². The van der Waals surface area contributed by atoms with Crippen LogP contribution in [0.1, 0.15) is 96.8 Å².